The minimum atomic E-state index is -0.239. The zero-order valence-electron chi connectivity index (χ0n) is 12.2. The molecule has 0 radical (unpaired) electrons. The predicted octanol–water partition coefficient (Wildman–Crippen LogP) is 3.53. The van der Waals surface area contributed by atoms with Crippen molar-refractivity contribution >= 4 is 40.0 Å². The second-order valence-corrected chi connectivity index (χ2v) is 6.63. The molecule has 1 aromatic carbocycles. The molecule has 1 atom stereocenters. The second-order valence-electron chi connectivity index (χ2n) is 4.88. The molecule has 4 nitrogen and oxygen atoms in total. The van der Waals surface area contributed by atoms with Gasteiger partial charge in [-0.3, -0.25) is 14.2 Å². The molecule has 0 fully saturated rings. The van der Waals surface area contributed by atoms with Gasteiger partial charge >= 0.3 is 0 Å². The summed E-state index contributed by atoms with van der Waals surface area (Å²) in [5.74, 6) is 0.0588. The minimum Gasteiger partial charge on any atom is -0.299 e. The summed E-state index contributed by atoms with van der Waals surface area (Å²) in [5.41, 5.74) is 0.481. The fourth-order valence-corrected chi connectivity index (χ4v) is 3.03. The van der Waals surface area contributed by atoms with E-state index in [9.17, 15) is 9.59 Å². The van der Waals surface area contributed by atoms with Crippen molar-refractivity contribution in [2.45, 2.75) is 44.1 Å². The van der Waals surface area contributed by atoms with E-state index in [1.807, 2.05) is 13.8 Å². The summed E-state index contributed by atoms with van der Waals surface area (Å²) in [6.45, 7) is 5.94. The van der Waals surface area contributed by atoms with Gasteiger partial charge in [0.25, 0.3) is 5.56 Å². The molecule has 0 saturated carbocycles. The van der Waals surface area contributed by atoms with E-state index in [2.05, 4.69) is 4.98 Å². The van der Waals surface area contributed by atoms with Crippen molar-refractivity contribution in [3.05, 3.63) is 33.6 Å². The Morgan fingerprint density at radius 2 is 2.19 bits per heavy atom. The van der Waals surface area contributed by atoms with Gasteiger partial charge in [-0.2, -0.15) is 0 Å². The molecule has 1 unspecified atom stereocenters. The Morgan fingerprint density at radius 1 is 1.48 bits per heavy atom. The van der Waals surface area contributed by atoms with Crippen molar-refractivity contribution in [1.29, 1.82) is 0 Å². The van der Waals surface area contributed by atoms with Crippen molar-refractivity contribution in [1.82, 2.24) is 9.55 Å². The molecule has 6 heteroatoms. The molecule has 0 spiro atoms. The summed E-state index contributed by atoms with van der Waals surface area (Å²) in [6.07, 6.45) is 0.822. The lowest BCUT2D eigenvalue weighted by Crippen LogP contribution is -2.24. The molecule has 0 bridgehead atoms. The first-order valence-corrected chi connectivity index (χ1v) is 8.07. The van der Waals surface area contributed by atoms with Crippen LogP contribution in [0.15, 0.2) is 28.2 Å². The van der Waals surface area contributed by atoms with Crippen LogP contribution in [-0.2, 0) is 11.3 Å². The van der Waals surface area contributed by atoms with Crippen molar-refractivity contribution in [3.63, 3.8) is 0 Å². The standard InChI is InChI=1S/C15H17ClN2O2S/c1-4-7-18-14(20)12-6-5-11(16)8-13(12)17-15(18)21-10(3)9(2)19/h5-6,8,10H,4,7H2,1-3H3. The van der Waals surface area contributed by atoms with Gasteiger partial charge in [-0.1, -0.05) is 30.3 Å². The van der Waals surface area contributed by atoms with Crippen LogP contribution in [0.1, 0.15) is 27.2 Å². The quantitative estimate of drug-likeness (QED) is 0.623. The van der Waals surface area contributed by atoms with Gasteiger partial charge in [0.05, 0.1) is 16.2 Å². The predicted molar refractivity (Wildman–Crippen MR) is 87.3 cm³/mol. The summed E-state index contributed by atoms with van der Waals surface area (Å²) in [7, 11) is 0. The average molecular weight is 325 g/mol. The van der Waals surface area contributed by atoms with Crippen molar-refractivity contribution in [2.75, 3.05) is 0 Å². The summed E-state index contributed by atoms with van der Waals surface area (Å²) < 4.78 is 1.64. The second kappa shape index (κ2) is 6.62. The zero-order valence-corrected chi connectivity index (χ0v) is 13.8. The summed E-state index contributed by atoms with van der Waals surface area (Å²) >= 11 is 7.28. The number of fused-ring (bicyclic) bond motifs is 1. The van der Waals surface area contributed by atoms with Crippen LogP contribution < -0.4 is 5.56 Å². The number of carbonyl (C=O) groups is 1. The Hall–Kier alpha value is -1.33. The Bertz CT molecular complexity index is 742. The maximum atomic E-state index is 12.6. The highest BCUT2D eigenvalue weighted by Crippen LogP contribution is 2.24. The van der Waals surface area contributed by atoms with E-state index >= 15 is 0 Å². The number of carbonyl (C=O) groups excluding carboxylic acids is 1. The average Bonchev–Trinajstić information content (AvgIpc) is 2.42. The first-order valence-electron chi connectivity index (χ1n) is 6.81. The number of nitrogens with zero attached hydrogens (tertiary/aromatic N) is 2. The number of rotatable bonds is 5. The molecule has 0 saturated heterocycles. The molecular formula is C15H17ClN2O2S. The van der Waals surface area contributed by atoms with Crippen LogP contribution in [0, 0.1) is 0 Å². The lowest BCUT2D eigenvalue weighted by molar-refractivity contribution is -0.116. The third kappa shape index (κ3) is 3.47. The number of Topliss-reactive ketones (excluding diaryl/α,β-unsaturated/α-hetero) is 1. The van der Waals surface area contributed by atoms with Gasteiger partial charge < -0.3 is 0 Å². The first kappa shape index (κ1) is 16.0. The Labute approximate surface area is 132 Å². The Morgan fingerprint density at radius 3 is 2.81 bits per heavy atom. The molecule has 112 valence electrons. The van der Waals surface area contributed by atoms with Crippen molar-refractivity contribution in [3.8, 4) is 0 Å². The van der Waals surface area contributed by atoms with Crippen LogP contribution in [0.4, 0.5) is 0 Å². The van der Waals surface area contributed by atoms with Crippen LogP contribution in [-0.4, -0.2) is 20.6 Å². The van der Waals surface area contributed by atoms with Gasteiger partial charge in [-0.05, 0) is 38.5 Å². The molecule has 0 aliphatic heterocycles. The molecule has 2 aromatic rings. The van der Waals surface area contributed by atoms with Gasteiger partial charge in [-0.25, -0.2) is 4.98 Å². The van der Waals surface area contributed by atoms with Gasteiger partial charge in [-0.15, -0.1) is 0 Å². The van der Waals surface area contributed by atoms with Crippen LogP contribution >= 0.6 is 23.4 Å². The SMILES string of the molecule is CCCn1c(SC(C)C(C)=O)nc2cc(Cl)ccc2c1=O. The minimum absolute atomic E-state index is 0.0588. The number of hydrogen-bond donors (Lipinski definition) is 0. The van der Waals surface area contributed by atoms with E-state index in [1.165, 1.54) is 18.7 Å². The van der Waals surface area contributed by atoms with Crippen LogP contribution in [0.3, 0.4) is 0 Å². The maximum absolute atomic E-state index is 12.6. The van der Waals surface area contributed by atoms with Crippen molar-refractivity contribution < 1.29 is 4.79 Å². The molecule has 1 heterocycles. The molecule has 21 heavy (non-hydrogen) atoms. The third-order valence-corrected chi connectivity index (χ3v) is 4.63. The fourth-order valence-electron chi connectivity index (χ4n) is 1.93. The van der Waals surface area contributed by atoms with E-state index in [0.29, 0.717) is 27.6 Å². The van der Waals surface area contributed by atoms with Gasteiger partial charge in [0.15, 0.2) is 5.16 Å². The molecular weight excluding hydrogens is 308 g/mol. The highest BCUT2D eigenvalue weighted by atomic mass is 35.5. The summed E-state index contributed by atoms with van der Waals surface area (Å²) in [5, 5.41) is 1.42. The van der Waals surface area contributed by atoms with E-state index in [1.54, 1.807) is 22.8 Å². The monoisotopic (exact) mass is 324 g/mol. The van der Waals surface area contributed by atoms with E-state index in [4.69, 9.17) is 11.6 Å². The number of halogens is 1. The lowest BCUT2D eigenvalue weighted by atomic mass is 10.2. The molecule has 0 N–H and O–H groups in total. The Balaban J connectivity index is 2.63. The van der Waals surface area contributed by atoms with Gasteiger partial charge in [0, 0.05) is 11.6 Å². The van der Waals surface area contributed by atoms with Gasteiger partial charge in [0.1, 0.15) is 5.78 Å². The fraction of sp³-hybridized carbons (Fsp3) is 0.400. The zero-order chi connectivity index (χ0) is 15.6. The highest BCUT2D eigenvalue weighted by Gasteiger charge is 2.16. The number of hydrogen-bond acceptors (Lipinski definition) is 4. The smallest absolute Gasteiger partial charge is 0.262 e. The van der Waals surface area contributed by atoms with Crippen LogP contribution in [0.5, 0.6) is 0 Å². The summed E-state index contributed by atoms with van der Waals surface area (Å²) in [6, 6.07) is 5.06. The van der Waals surface area contributed by atoms with Gasteiger partial charge in [0.2, 0.25) is 0 Å². The largest absolute Gasteiger partial charge is 0.299 e. The summed E-state index contributed by atoms with van der Waals surface area (Å²) in [4.78, 5) is 28.6. The molecule has 0 aliphatic rings. The van der Waals surface area contributed by atoms with E-state index < -0.39 is 0 Å². The topological polar surface area (TPSA) is 52.0 Å². The van der Waals surface area contributed by atoms with Crippen LogP contribution in [0.25, 0.3) is 10.9 Å². The molecule has 0 amide bonds. The van der Waals surface area contributed by atoms with Crippen molar-refractivity contribution in [2.24, 2.45) is 0 Å². The Kier molecular flexibility index (Phi) is 5.06. The molecule has 1 aromatic heterocycles. The van der Waals surface area contributed by atoms with Crippen LogP contribution in [0.2, 0.25) is 5.02 Å². The highest BCUT2D eigenvalue weighted by molar-refractivity contribution is 8.00. The number of benzene rings is 1. The molecule has 0 aliphatic carbocycles. The third-order valence-electron chi connectivity index (χ3n) is 3.18. The molecule has 2 rings (SSSR count). The van der Waals surface area contributed by atoms with E-state index in [-0.39, 0.29) is 16.6 Å². The normalized spacial score (nSPS) is 12.6. The number of aromatic nitrogens is 2. The number of thioether (sulfide) groups is 1. The lowest BCUT2D eigenvalue weighted by Gasteiger charge is -2.14. The van der Waals surface area contributed by atoms with E-state index in [0.717, 1.165) is 6.42 Å². The maximum Gasteiger partial charge on any atom is 0.262 e. The number of ketones is 1. The first-order chi connectivity index (χ1) is 9.93.